The zero-order valence-corrected chi connectivity index (χ0v) is 14.4. The predicted molar refractivity (Wildman–Crippen MR) is 92.5 cm³/mol. The van der Waals surface area contributed by atoms with Crippen LogP contribution in [0.4, 0.5) is 5.69 Å². The third kappa shape index (κ3) is 2.49. The average molecular weight is 351 g/mol. The van der Waals surface area contributed by atoms with Gasteiger partial charge in [-0.05, 0) is 19.1 Å². The standard InChI is InChI=1S/C18H17N5O3/c1-11-13(3-4-15(21-11)25-2)12-7-14-16(20-8-12)26-18(17(24)22-14)5-6-23(9-18)10-19/h3-4,7-8H,5-6,9H2,1-2H3,(H,22,24)/t18-/m0/s1. The van der Waals surface area contributed by atoms with Gasteiger partial charge in [0.15, 0.2) is 6.19 Å². The van der Waals surface area contributed by atoms with Crippen molar-refractivity contribution in [2.45, 2.75) is 18.9 Å². The third-order valence-corrected chi connectivity index (χ3v) is 4.76. The largest absolute Gasteiger partial charge is 0.481 e. The second kappa shape index (κ2) is 5.88. The number of nitrogens with zero attached hydrogens (tertiary/aromatic N) is 4. The van der Waals surface area contributed by atoms with E-state index >= 15 is 0 Å². The van der Waals surface area contributed by atoms with Crippen LogP contribution in [0.2, 0.25) is 0 Å². The zero-order chi connectivity index (χ0) is 18.3. The molecule has 132 valence electrons. The van der Waals surface area contributed by atoms with Gasteiger partial charge in [-0.25, -0.2) is 9.97 Å². The Labute approximate surface area is 150 Å². The van der Waals surface area contributed by atoms with Crippen molar-refractivity contribution in [1.29, 1.82) is 5.26 Å². The minimum atomic E-state index is -1.05. The summed E-state index contributed by atoms with van der Waals surface area (Å²) in [5.74, 6) is 0.664. The molecule has 1 N–H and O–H groups in total. The number of carbonyl (C=O) groups is 1. The van der Waals surface area contributed by atoms with E-state index in [0.29, 0.717) is 30.4 Å². The topological polar surface area (TPSA) is 100 Å². The first-order chi connectivity index (χ1) is 12.5. The van der Waals surface area contributed by atoms with Crippen LogP contribution >= 0.6 is 0 Å². The number of methoxy groups -OCH3 is 1. The summed E-state index contributed by atoms with van der Waals surface area (Å²) in [6, 6.07) is 5.50. The highest BCUT2D eigenvalue weighted by atomic mass is 16.5. The summed E-state index contributed by atoms with van der Waals surface area (Å²) < 4.78 is 11.1. The lowest BCUT2D eigenvalue weighted by Crippen LogP contribution is -2.52. The SMILES string of the molecule is COc1ccc(-c2cnc3c(c2)NC(=O)[C@@]2(CCN(C#N)C2)O3)c(C)n1. The van der Waals surface area contributed by atoms with Gasteiger partial charge in [0.2, 0.25) is 17.4 Å². The molecule has 0 radical (unpaired) electrons. The number of nitriles is 1. The molecule has 2 aromatic rings. The van der Waals surface area contributed by atoms with E-state index in [0.717, 1.165) is 16.8 Å². The smallest absolute Gasteiger partial charge is 0.270 e. The van der Waals surface area contributed by atoms with Crippen LogP contribution < -0.4 is 14.8 Å². The average Bonchev–Trinajstić information content (AvgIpc) is 3.06. The molecule has 0 aromatic carbocycles. The van der Waals surface area contributed by atoms with Crippen molar-refractivity contribution in [2.75, 3.05) is 25.5 Å². The molecule has 0 unspecified atom stereocenters. The minimum Gasteiger partial charge on any atom is -0.481 e. The van der Waals surface area contributed by atoms with Crippen LogP contribution in [0.25, 0.3) is 11.1 Å². The number of nitrogens with one attached hydrogen (secondary N) is 1. The van der Waals surface area contributed by atoms with E-state index in [1.54, 1.807) is 19.4 Å². The number of likely N-dealkylation sites (tertiary alicyclic amines) is 1. The first kappa shape index (κ1) is 16.1. The Balaban J connectivity index is 1.67. The highest BCUT2D eigenvalue weighted by Gasteiger charge is 2.50. The number of aromatic nitrogens is 2. The van der Waals surface area contributed by atoms with Crippen LogP contribution in [0, 0.1) is 18.4 Å². The van der Waals surface area contributed by atoms with Crippen molar-refractivity contribution >= 4 is 11.6 Å². The molecule has 4 heterocycles. The maximum Gasteiger partial charge on any atom is 0.270 e. The van der Waals surface area contributed by atoms with Crippen LogP contribution in [0.1, 0.15) is 12.1 Å². The van der Waals surface area contributed by atoms with Gasteiger partial charge in [0.25, 0.3) is 5.91 Å². The van der Waals surface area contributed by atoms with Crippen LogP contribution in [0.5, 0.6) is 11.8 Å². The summed E-state index contributed by atoms with van der Waals surface area (Å²) in [6.45, 7) is 2.62. The van der Waals surface area contributed by atoms with E-state index in [-0.39, 0.29) is 12.5 Å². The Morgan fingerprint density at radius 2 is 2.31 bits per heavy atom. The third-order valence-electron chi connectivity index (χ3n) is 4.76. The first-order valence-corrected chi connectivity index (χ1v) is 8.22. The van der Waals surface area contributed by atoms with Crippen LogP contribution in [0.15, 0.2) is 24.4 Å². The van der Waals surface area contributed by atoms with Crippen LogP contribution in [-0.2, 0) is 4.79 Å². The van der Waals surface area contributed by atoms with Gasteiger partial charge in [0.1, 0.15) is 5.69 Å². The highest BCUT2D eigenvalue weighted by molar-refractivity contribution is 6.01. The fourth-order valence-corrected chi connectivity index (χ4v) is 3.33. The molecule has 8 heteroatoms. The molecule has 8 nitrogen and oxygen atoms in total. The number of anilines is 1. The number of rotatable bonds is 2. The Bertz CT molecular complexity index is 939. The van der Waals surface area contributed by atoms with Crippen LogP contribution in [-0.4, -0.2) is 46.6 Å². The molecule has 4 rings (SSSR count). The van der Waals surface area contributed by atoms with Gasteiger partial charge >= 0.3 is 0 Å². The Hall–Kier alpha value is -3.34. The molecule has 26 heavy (non-hydrogen) atoms. The molecule has 1 amide bonds. The number of carbonyl (C=O) groups excluding carboxylic acids is 1. The second-order valence-electron chi connectivity index (χ2n) is 6.39. The van der Waals surface area contributed by atoms with Gasteiger partial charge in [-0.1, -0.05) is 0 Å². The Morgan fingerprint density at radius 1 is 1.46 bits per heavy atom. The number of ether oxygens (including phenoxy) is 2. The lowest BCUT2D eigenvalue weighted by molar-refractivity contribution is -0.131. The number of aryl methyl sites for hydroxylation is 1. The van der Waals surface area contributed by atoms with E-state index in [1.807, 2.05) is 19.1 Å². The van der Waals surface area contributed by atoms with Gasteiger partial charge in [0, 0.05) is 42.0 Å². The molecule has 2 aliphatic heterocycles. The van der Waals surface area contributed by atoms with E-state index in [1.165, 1.54) is 4.90 Å². The van der Waals surface area contributed by atoms with Crippen molar-refractivity contribution < 1.29 is 14.3 Å². The number of amides is 1. The minimum absolute atomic E-state index is 0.236. The van der Waals surface area contributed by atoms with Crippen molar-refractivity contribution in [3.8, 4) is 29.1 Å². The molecule has 2 aromatic heterocycles. The molecule has 0 saturated carbocycles. The zero-order valence-electron chi connectivity index (χ0n) is 14.4. The van der Waals surface area contributed by atoms with Gasteiger partial charge < -0.3 is 19.7 Å². The van der Waals surface area contributed by atoms with Gasteiger partial charge in [-0.3, -0.25) is 4.79 Å². The predicted octanol–water partition coefficient (Wildman–Crippen LogP) is 1.72. The second-order valence-corrected chi connectivity index (χ2v) is 6.39. The van der Waals surface area contributed by atoms with E-state index in [4.69, 9.17) is 14.7 Å². The molecular weight excluding hydrogens is 334 g/mol. The van der Waals surface area contributed by atoms with Gasteiger partial charge in [0.05, 0.1) is 13.7 Å². The number of fused-ring (bicyclic) bond motifs is 1. The maximum absolute atomic E-state index is 12.6. The number of pyridine rings is 2. The van der Waals surface area contributed by atoms with Gasteiger partial charge in [-0.2, -0.15) is 5.26 Å². The summed E-state index contributed by atoms with van der Waals surface area (Å²) in [7, 11) is 1.57. The molecule has 1 fully saturated rings. The number of hydrogen-bond donors (Lipinski definition) is 1. The molecule has 0 aliphatic carbocycles. The first-order valence-electron chi connectivity index (χ1n) is 8.22. The number of hydrogen-bond acceptors (Lipinski definition) is 7. The monoisotopic (exact) mass is 351 g/mol. The maximum atomic E-state index is 12.6. The molecule has 1 saturated heterocycles. The van der Waals surface area contributed by atoms with E-state index in [2.05, 4.69) is 21.5 Å². The summed E-state index contributed by atoms with van der Waals surface area (Å²) in [5, 5.41) is 11.9. The molecular formula is C18H17N5O3. The molecule has 2 aliphatic rings. The van der Waals surface area contributed by atoms with Crippen molar-refractivity contribution in [2.24, 2.45) is 0 Å². The Kier molecular flexibility index (Phi) is 3.65. The molecule has 1 atom stereocenters. The molecule has 0 bridgehead atoms. The summed E-state index contributed by atoms with van der Waals surface area (Å²) in [4.78, 5) is 22.9. The summed E-state index contributed by atoms with van der Waals surface area (Å²) in [6.07, 6.45) is 4.21. The summed E-state index contributed by atoms with van der Waals surface area (Å²) >= 11 is 0. The fourth-order valence-electron chi connectivity index (χ4n) is 3.33. The van der Waals surface area contributed by atoms with Crippen molar-refractivity contribution in [3.05, 3.63) is 30.1 Å². The van der Waals surface area contributed by atoms with Crippen molar-refractivity contribution in [3.63, 3.8) is 0 Å². The van der Waals surface area contributed by atoms with Gasteiger partial charge in [-0.15, -0.1) is 0 Å². The lowest BCUT2D eigenvalue weighted by Gasteiger charge is -2.33. The highest BCUT2D eigenvalue weighted by Crippen LogP contribution is 2.38. The lowest BCUT2D eigenvalue weighted by atomic mass is 9.99. The summed E-state index contributed by atoms with van der Waals surface area (Å²) in [5.41, 5.74) is 1.98. The Morgan fingerprint density at radius 3 is 3.00 bits per heavy atom. The normalized spacial score (nSPS) is 21.0. The van der Waals surface area contributed by atoms with Crippen molar-refractivity contribution in [1.82, 2.24) is 14.9 Å². The van der Waals surface area contributed by atoms with Crippen LogP contribution in [0.3, 0.4) is 0 Å². The van der Waals surface area contributed by atoms with E-state index in [9.17, 15) is 4.79 Å². The molecule has 1 spiro atoms. The van der Waals surface area contributed by atoms with E-state index < -0.39 is 5.60 Å². The quantitative estimate of drug-likeness (QED) is 0.822. The fraction of sp³-hybridized carbons (Fsp3) is 0.333.